The summed E-state index contributed by atoms with van der Waals surface area (Å²) in [6.07, 6.45) is 0. The van der Waals surface area contributed by atoms with Crippen molar-refractivity contribution in [1.82, 2.24) is 15.0 Å². The van der Waals surface area contributed by atoms with E-state index in [9.17, 15) is 0 Å². The van der Waals surface area contributed by atoms with Crippen molar-refractivity contribution in [2.75, 3.05) is 5.73 Å². The van der Waals surface area contributed by atoms with Crippen LogP contribution in [-0.2, 0) is 0 Å². The molecule has 2 N–H and O–H groups in total. The van der Waals surface area contributed by atoms with E-state index < -0.39 is 0 Å². The van der Waals surface area contributed by atoms with E-state index in [2.05, 4.69) is 36.3 Å². The van der Waals surface area contributed by atoms with Gasteiger partial charge in [0.1, 0.15) is 5.69 Å². The van der Waals surface area contributed by atoms with Crippen LogP contribution in [0, 0.1) is 13.8 Å². The van der Waals surface area contributed by atoms with Crippen LogP contribution < -0.4 is 5.73 Å². The Labute approximate surface area is 117 Å². The average Bonchev–Trinajstić information content (AvgIpc) is 2.85. The van der Waals surface area contributed by atoms with E-state index in [4.69, 9.17) is 5.73 Å². The van der Waals surface area contributed by atoms with Crippen molar-refractivity contribution < 1.29 is 0 Å². The highest BCUT2D eigenvalue weighted by Gasteiger charge is 2.12. The van der Waals surface area contributed by atoms with Crippen LogP contribution in [0.15, 0.2) is 48.5 Å². The molecule has 1 aromatic heterocycles. The Morgan fingerprint density at radius 2 is 1.70 bits per heavy atom. The maximum absolute atomic E-state index is 6.19. The van der Waals surface area contributed by atoms with Crippen LogP contribution in [0.25, 0.3) is 16.9 Å². The summed E-state index contributed by atoms with van der Waals surface area (Å²) in [5, 5.41) is 8.38. The molecule has 3 aromatic rings. The van der Waals surface area contributed by atoms with E-state index in [0.717, 1.165) is 11.3 Å². The lowest BCUT2D eigenvalue weighted by atomic mass is 10.1. The summed E-state index contributed by atoms with van der Waals surface area (Å²) in [6.45, 7) is 4.16. The molecule has 0 bridgehead atoms. The van der Waals surface area contributed by atoms with Gasteiger partial charge in [0.05, 0.1) is 5.69 Å². The van der Waals surface area contributed by atoms with Gasteiger partial charge in [-0.05, 0) is 37.1 Å². The third-order valence-corrected chi connectivity index (χ3v) is 3.49. The van der Waals surface area contributed by atoms with Crippen molar-refractivity contribution in [1.29, 1.82) is 0 Å². The first-order valence-corrected chi connectivity index (χ1v) is 6.51. The summed E-state index contributed by atoms with van der Waals surface area (Å²) in [6, 6.07) is 16.0. The fourth-order valence-corrected chi connectivity index (χ4v) is 2.14. The standard InChI is InChI=1S/C16H16N4/c1-11-8-9-14(10-12(11)2)20-16(17)15(18-19-20)13-6-4-3-5-7-13/h3-10H,17H2,1-2H3. The molecule has 0 saturated heterocycles. The third kappa shape index (κ3) is 2.05. The van der Waals surface area contributed by atoms with Crippen molar-refractivity contribution >= 4 is 5.82 Å². The minimum absolute atomic E-state index is 0.555. The lowest BCUT2D eigenvalue weighted by Gasteiger charge is -2.06. The normalized spacial score (nSPS) is 10.7. The van der Waals surface area contributed by atoms with Gasteiger partial charge in [0, 0.05) is 5.56 Å². The van der Waals surface area contributed by atoms with Gasteiger partial charge in [0.15, 0.2) is 5.82 Å². The zero-order valence-electron chi connectivity index (χ0n) is 11.5. The van der Waals surface area contributed by atoms with Crippen LogP contribution in [-0.4, -0.2) is 15.0 Å². The molecule has 1 heterocycles. The molecule has 0 amide bonds. The number of nitrogens with zero attached hydrogens (tertiary/aromatic N) is 3. The highest BCUT2D eigenvalue weighted by Crippen LogP contribution is 2.25. The van der Waals surface area contributed by atoms with Gasteiger partial charge in [-0.3, -0.25) is 0 Å². The van der Waals surface area contributed by atoms with E-state index in [-0.39, 0.29) is 0 Å². The predicted molar refractivity (Wildman–Crippen MR) is 80.7 cm³/mol. The molecular formula is C16H16N4. The minimum atomic E-state index is 0.555. The van der Waals surface area contributed by atoms with Gasteiger partial charge in [-0.2, -0.15) is 4.68 Å². The first kappa shape index (κ1) is 12.4. The lowest BCUT2D eigenvalue weighted by molar-refractivity contribution is 0.809. The Bertz CT molecular complexity index is 744. The second-order valence-corrected chi connectivity index (χ2v) is 4.87. The van der Waals surface area contributed by atoms with Crippen molar-refractivity contribution in [2.45, 2.75) is 13.8 Å². The maximum atomic E-state index is 6.19. The van der Waals surface area contributed by atoms with Gasteiger partial charge in [0.2, 0.25) is 0 Å². The number of rotatable bonds is 2. The largest absolute Gasteiger partial charge is 0.382 e. The van der Waals surface area contributed by atoms with Gasteiger partial charge in [-0.25, -0.2) is 0 Å². The molecule has 3 rings (SSSR count). The topological polar surface area (TPSA) is 56.7 Å². The molecule has 0 fully saturated rings. The number of aromatic nitrogens is 3. The van der Waals surface area contributed by atoms with E-state index in [0.29, 0.717) is 11.5 Å². The van der Waals surface area contributed by atoms with Gasteiger partial charge in [-0.15, -0.1) is 5.10 Å². The number of nitrogens with two attached hydrogens (primary N) is 1. The summed E-state index contributed by atoms with van der Waals surface area (Å²) < 4.78 is 1.68. The van der Waals surface area contributed by atoms with Crippen molar-refractivity contribution in [3.8, 4) is 16.9 Å². The molecule has 0 spiro atoms. The van der Waals surface area contributed by atoms with Gasteiger partial charge < -0.3 is 5.73 Å². The SMILES string of the molecule is Cc1ccc(-n2nnc(-c3ccccc3)c2N)cc1C. The summed E-state index contributed by atoms with van der Waals surface area (Å²) >= 11 is 0. The zero-order valence-corrected chi connectivity index (χ0v) is 11.5. The van der Waals surface area contributed by atoms with Gasteiger partial charge >= 0.3 is 0 Å². The first-order chi connectivity index (χ1) is 9.66. The fourth-order valence-electron chi connectivity index (χ4n) is 2.14. The molecular weight excluding hydrogens is 248 g/mol. The van der Waals surface area contributed by atoms with E-state index in [1.807, 2.05) is 36.4 Å². The number of hydrogen-bond acceptors (Lipinski definition) is 3. The summed E-state index contributed by atoms with van der Waals surface area (Å²) in [4.78, 5) is 0. The molecule has 0 aliphatic heterocycles. The fraction of sp³-hybridized carbons (Fsp3) is 0.125. The quantitative estimate of drug-likeness (QED) is 0.773. The highest BCUT2D eigenvalue weighted by molar-refractivity contribution is 5.70. The minimum Gasteiger partial charge on any atom is -0.382 e. The van der Waals surface area contributed by atoms with Crippen LogP contribution in [0.3, 0.4) is 0 Å². The molecule has 0 aliphatic rings. The number of aryl methyl sites for hydroxylation is 2. The van der Waals surface area contributed by atoms with Crippen molar-refractivity contribution in [3.63, 3.8) is 0 Å². The van der Waals surface area contributed by atoms with Gasteiger partial charge in [-0.1, -0.05) is 41.6 Å². The van der Waals surface area contributed by atoms with Crippen LogP contribution in [0.4, 0.5) is 5.82 Å². The Morgan fingerprint density at radius 3 is 2.40 bits per heavy atom. The Hall–Kier alpha value is -2.62. The Morgan fingerprint density at radius 1 is 0.950 bits per heavy atom. The number of anilines is 1. The second-order valence-electron chi connectivity index (χ2n) is 4.87. The second kappa shape index (κ2) is 4.81. The predicted octanol–water partition coefficient (Wildman–Crippen LogP) is 3.13. The van der Waals surface area contributed by atoms with E-state index >= 15 is 0 Å². The number of benzene rings is 2. The summed E-state index contributed by atoms with van der Waals surface area (Å²) in [7, 11) is 0. The molecule has 2 aromatic carbocycles. The Kier molecular flexibility index (Phi) is 2.99. The smallest absolute Gasteiger partial charge is 0.155 e. The Balaban J connectivity index is 2.08. The summed E-state index contributed by atoms with van der Waals surface area (Å²) in [5.41, 5.74) is 11.3. The highest BCUT2D eigenvalue weighted by atomic mass is 15.5. The molecule has 4 nitrogen and oxygen atoms in total. The number of nitrogen functional groups attached to an aromatic ring is 1. The molecule has 0 radical (unpaired) electrons. The average molecular weight is 264 g/mol. The molecule has 4 heteroatoms. The molecule has 0 aliphatic carbocycles. The third-order valence-electron chi connectivity index (χ3n) is 3.49. The van der Waals surface area contributed by atoms with Crippen LogP contribution in [0.5, 0.6) is 0 Å². The van der Waals surface area contributed by atoms with Crippen molar-refractivity contribution in [2.24, 2.45) is 0 Å². The first-order valence-electron chi connectivity index (χ1n) is 6.51. The van der Waals surface area contributed by atoms with E-state index in [1.54, 1.807) is 4.68 Å². The number of hydrogen-bond donors (Lipinski definition) is 1. The van der Waals surface area contributed by atoms with E-state index in [1.165, 1.54) is 11.1 Å². The zero-order chi connectivity index (χ0) is 14.1. The molecule has 0 unspecified atom stereocenters. The summed E-state index contributed by atoms with van der Waals surface area (Å²) in [5.74, 6) is 0.555. The van der Waals surface area contributed by atoms with Crippen LogP contribution in [0.2, 0.25) is 0 Å². The maximum Gasteiger partial charge on any atom is 0.155 e. The lowest BCUT2D eigenvalue weighted by Crippen LogP contribution is -2.03. The van der Waals surface area contributed by atoms with Crippen LogP contribution >= 0.6 is 0 Å². The van der Waals surface area contributed by atoms with Gasteiger partial charge in [0.25, 0.3) is 0 Å². The van der Waals surface area contributed by atoms with Crippen molar-refractivity contribution in [3.05, 3.63) is 59.7 Å². The van der Waals surface area contributed by atoms with Crippen LogP contribution in [0.1, 0.15) is 11.1 Å². The molecule has 100 valence electrons. The molecule has 0 atom stereocenters. The monoisotopic (exact) mass is 264 g/mol. The molecule has 0 saturated carbocycles. The molecule has 20 heavy (non-hydrogen) atoms.